The maximum Gasteiger partial charge on any atom is 0.138 e. The second kappa shape index (κ2) is 4.24. The third kappa shape index (κ3) is 2.05. The van der Waals surface area contributed by atoms with Crippen LogP contribution in [0.5, 0.6) is 0 Å². The normalized spacial score (nSPS) is 9.87. The molecule has 0 radical (unpaired) electrons. The molecule has 2 aromatic rings. The molecule has 4 nitrogen and oxygen atoms in total. The third-order valence-electron chi connectivity index (χ3n) is 1.96. The van der Waals surface area contributed by atoms with E-state index in [0.29, 0.717) is 6.42 Å². The van der Waals surface area contributed by atoms with Gasteiger partial charge in [-0.2, -0.15) is 10.4 Å². The van der Waals surface area contributed by atoms with Gasteiger partial charge in [-0.15, -0.1) is 0 Å². The highest BCUT2D eigenvalue weighted by molar-refractivity contribution is 9.10. The number of rotatable bonds is 2. The third-order valence-corrected chi connectivity index (χ3v) is 2.60. The molecule has 0 aliphatic rings. The van der Waals surface area contributed by atoms with E-state index in [4.69, 9.17) is 5.26 Å². The molecule has 0 amide bonds. The molecule has 74 valence electrons. The molecule has 0 fully saturated rings. The highest BCUT2D eigenvalue weighted by Crippen LogP contribution is 2.21. The largest absolute Gasteiger partial charge is 0.223 e. The van der Waals surface area contributed by atoms with Crippen molar-refractivity contribution in [3.05, 3.63) is 40.9 Å². The zero-order valence-corrected chi connectivity index (χ0v) is 9.35. The summed E-state index contributed by atoms with van der Waals surface area (Å²) in [6.07, 6.45) is 3.52. The molecule has 15 heavy (non-hydrogen) atoms. The maximum atomic E-state index is 8.57. The number of benzene rings is 1. The number of hydrogen-bond donors (Lipinski definition) is 0. The van der Waals surface area contributed by atoms with Gasteiger partial charge in [0, 0.05) is 4.47 Å². The Balaban J connectivity index is 2.40. The minimum atomic E-state index is 0.413. The van der Waals surface area contributed by atoms with Crippen LogP contribution in [-0.2, 0) is 6.42 Å². The van der Waals surface area contributed by atoms with Gasteiger partial charge in [-0.3, -0.25) is 0 Å². The van der Waals surface area contributed by atoms with Crippen molar-refractivity contribution in [1.29, 1.82) is 5.26 Å². The number of aromatic nitrogens is 3. The van der Waals surface area contributed by atoms with Gasteiger partial charge in [-0.25, -0.2) is 9.67 Å². The van der Waals surface area contributed by atoms with Crippen molar-refractivity contribution in [1.82, 2.24) is 14.8 Å². The van der Waals surface area contributed by atoms with E-state index in [1.54, 1.807) is 11.0 Å². The van der Waals surface area contributed by atoms with Gasteiger partial charge in [0.05, 0.1) is 18.2 Å². The summed E-state index contributed by atoms with van der Waals surface area (Å²) < 4.78 is 2.57. The lowest BCUT2D eigenvalue weighted by Crippen LogP contribution is -1.96. The minimum absolute atomic E-state index is 0.413. The van der Waals surface area contributed by atoms with Gasteiger partial charge in [0.2, 0.25) is 0 Å². The molecule has 0 saturated carbocycles. The van der Waals surface area contributed by atoms with Crippen molar-refractivity contribution in [3.63, 3.8) is 0 Å². The van der Waals surface area contributed by atoms with Gasteiger partial charge in [-0.1, -0.05) is 6.07 Å². The monoisotopic (exact) mass is 262 g/mol. The average molecular weight is 263 g/mol. The number of hydrogen-bond acceptors (Lipinski definition) is 3. The summed E-state index contributed by atoms with van der Waals surface area (Å²) in [7, 11) is 0. The van der Waals surface area contributed by atoms with Crippen LogP contribution in [0, 0.1) is 11.3 Å². The van der Waals surface area contributed by atoms with Gasteiger partial charge in [0.25, 0.3) is 0 Å². The molecule has 2 rings (SSSR count). The zero-order valence-electron chi connectivity index (χ0n) is 7.76. The van der Waals surface area contributed by atoms with Crippen LogP contribution in [0.4, 0.5) is 0 Å². The van der Waals surface area contributed by atoms with Crippen molar-refractivity contribution < 1.29 is 0 Å². The van der Waals surface area contributed by atoms with Crippen molar-refractivity contribution in [2.24, 2.45) is 0 Å². The van der Waals surface area contributed by atoms with E-state index in [0.717, 1.165) is 15.7 Å². The van der Waals surface area contributed by atoms with Gasteiger partial charge in [0.15, 0.2) is 0 Å². The Hall–Kier alpha value is -1.67. The summed E-state index contributed by atoms with van der Waals surface area (Å²) in [6, 6.07) is 7.84. The summed E-state index contributed by atoms with van der Waals surface area (Å²) in [5.41, 5.74) is 1.89. The second-order valence-electron chi connectivity index (χ2n) is 2.96. The van der Waals surface area contributed by atoms with Crippen LogP contribution in [0.1, 0.15) is 5.56 Å². The summed E-state index contributed by atoms with van der Waals surface area (Å²) in [4.78, 5) is 3.88. The molecule has 0 spiro atoms. The Kier molecular flexibility index (Phi) is 2.79. The van der Waals surface area contributed by atoms with Crippen LogP contribution >= 0.6 is 15.9 Å². The van der Waals surface area contributed by atoms with Gasteiger partial charge in [0.1, 0.15) is 12.7 Å². The predicted octanol–water partition coefficient (Wildman–Crippen LogP) is 2.10. The highest BCUT2D eigenvalue weighted by atomic mass is 79.9. The molecule has 0 aliphatic carbocycles. The molecule has 1 aromatic carbocycles. The van der Waals surface area contributed by atoms with Gasteiger partial charge in [-0.05, 0) is 33.6 Å². The zero-order chi connectivity index (χ0) is 10.7. The Morgan fingerprint density at radius 1 is 1.47 bits per heavy atom. The SMILES string of the molecule is N#CCc1ccc(-n2cncn2)c(Br)c1. The fourth-order valence-electron chi connectivity index (χ4n) is 1.27. The Labute approximate surface area is 95.3 Å². The first kappa shape index (κ1) is 9.87. The maximum absolute atomic E-state index is 8.57. The molecule has 0 atom stereocenters. The molecule has 0 unspecified atom stereocenters. The minimum Gasteiger partial charge on any atom is -0.223 e. The summed E-state index contributed by atoms with van der Waals surface area (Å²) >= 11 is 3.44. The van der Waals surface area contributed by atoms with E-state index in [1.807, 2.05) is 18.2 Å². The van der Waals surface area contributed by atoms with Crippen molar-refractivity contribution in [3.8, 4) is 11.8 Å². The lowest BCUT2D eigenvalue weighted by molar-refractivity contribution is 0.873. The molecular formula is C10H7BrN4. The average Bonchev–Trinajstić information content (AvgIpc) is 2.71. The molecule has 0 aliphatic heterocycles. The predicted molar refractivity (Wildman–Crippen MR) is 58.4 cm³/mol. The smallest absolute Gasteiger partial charge is 0.138 e. The van der Waals surface area contributed by atoms with Crippen LogP contribution in [-0.4, -0.2) is 14.8 Å². The van der Waals surface area contributed by atoms with Crippen LogP contribution in [0.3, 0.4) is 0 Å². The van der Waals surface area contributed by atoms with Crippen LogP contribution in [0.2, 0.25) is 0 Å². The molecule has 5 heteroatoms. The van der Waals surface area contributed by atoms with Crippen LogP contribution < -0.4 is 0 Å². The molecule has 1 aromatic heterocycles. The first-order valence-electron chi connectivity index (χ1n) is 4.31. The van der Waals surface area contributed by atoms with E-state index in [1.165, 1.54) is 6.33 Å². The molecule has 0 N–H and O–H groups in total. The molecular weight excluding hydrogens is 256 g/mol. The number of nitrogens with zero attached hydrogens (tertiary/aromatic N) is 4. The molecule has 0 bridgehead atoms. The Morgan fingerprint density at radius 3 is 2.93 bits per heavy atom. The Morgan fingerprint density at radius 2 is 2.33 bits per heavy atom. The van der Waals surface area contributed by atoms with Gasteiger partial charge >= 0.3 is 0 Å². The van der Waals surface area contributed by atoms with E-state index >= 15 is 0 Å². The topological polar surface area (TPSA) is 54.5 Å². The first-order chi connectivity index (χ1) is 7.31. The fraction of sp³-hybridized carbons (Fsp3) is 0.100. The first-order valence-corrected chi connectivity index (χ1v) is 5.11. The van der Waals surface area contributed by atoms with Crippen molar-refractivity contribution in [2.45, 2.75) is 6.42 Å². The van der Waals surface area contributed by atoms with Gasteiger partial charge < -0.3 is 0 Å². The van der Waals surface area contributed by atoms with E-state index in [9.17, 15) is 0 Å². The second-order valence-corrected chi connectivity index (χ2v) is 3.82. The lowest BCUT2D eigenvalue weighted by Gasteiger charge is -2.04. The van der Waals surface area contributed by atoms with E-state index in [-0.39, 0.29) is 0 Å². The quantitative estimate of drug-likeness (QED) is 0.833. The lowest BCUT2D eigenvalue weighted by atomic mass is 10.1. The summed E-state index contributed by atoms with van der Waals surface area (Å²) in [5, 5.41) is 12.6. The highest BCUT2D eigenvalue weighted by Gasteiger charge is 2.03. The number of nitriles is 1. The summed E-state index contributed by atoms with van der Waals surface area (Å²) in [6.45, 7) is 0. The summed E-state index contributed by atoms with van der Waals surface area (Å²) in [5.74, 6) is 0. The van der Waals surface area contributed by atoms with Crippen molar-refractivity contribution in [2.75, 3.05) is 0 Å². The molecule has 0 saturated heterocycles. The van der Waals surface area contributed by atoms with Crippen LogP contribution in [0.25, 0.3) is 5.69 Å². The number of halogens is 1. The molecule has 1 heterocycles. The van der Waals surface area contributed by atoms with Crippen molar-refractivity contribution >= 4 is 15.9 Å². The van der Waals surface area contributed by atoms with E-state index in [2.05, 4.69) is 32.1 Å². The van der Waals surface area contributed by atoms with E-state index < -0.39 is 0 Å². The van der Waals surface area contributed by atoms with Crippen LogP contribution in [0.15, 0.2) is 35.3 Å². The fourth-order valence-corrected chi connectivity index (χ4v) is 1.88. The standard InChI is InChI=1S/C10H7BrN4/c11-9-5-8(3-4-12)1-2-10(9)15-7-13-6-14-15/h1-2,5-7H,3H2. The Bertz CT molecular complexity index is 499.